The molecule has 0 saturated carbocycles. The van der Waals surface area contributed by atoms with Crippen LogP contribution < -0.4 is 16.0 Å². The Morgan fingerprint density at radius 3 is 2.19 bits per heavy atom. The molecule has 26 heavy (non-hydrogen) atoms. The minimum Gasteiger partial charge on any atom is -0.332 e. The fraction of sp³-hybridized carbons (Fsp3) is 0.167. The molecule has 3 N–H and O–H groups in total. The van der Waals surface area contributed by atoms with Crippen molar-refractivity contribution < 1.29 is 9.59 Å². The van der Waals surface area contributed by atoms with Crippen LogP contribution in [-0.2, 0) is 4.79 Å². The Bertz CT molecular complexity index is 826. The Morgan fingerprint density at radius 1 is 1.00 bits per heavy atom. The number of carbonyl (C=O) groups excluding carboxylic acids is 2. The summed E-state index contributed by atoms with van der Waals surface area (Å²) in [4.78, 5) is 23.8. The summed E-state index contributed by atoms with van der Waals surface area (Å²) in [6.45, 7) is 1.94. The minimum absolute atomic E-state index is 0.0316. The van der Waals surface area contributed by atoms with Crippen molar-refractivity contribution in [3.05, 3.63) is 58.1 Å². The van der Waals surface area contributed by atoms with E-state index in [4.69, 9.17) is 35.4 Å². The zero-order valence-corrected chi connectivity index (χ0v) is 16.3. The van der Waals surface area contributed by atoms with Crippen molar-refractivity contribution in [2.24, 2.45) is 0 Å². The Labute approximate surface area is 167 Å². The van der Waals surface area contributed by atoms with Gasteiger partial charge in [-0.05, 0) is 61.1 Å². The molecule has 0 aliphatic rings. The van der Waals surface area contributed by atoms with Gasteiger partial charge in [0, 0.05) is 22.8 Å². The molecule has 0 aliphatic heterocycles. The first-order valence-corrected chi connectivity index (χ1v) is 9.02. The minimum atomic E-state index is -0.437. The number of carbonyl (C=O) groups is 2. The van der Waals surface area contributed by atoms with Crippen LogP contribution in [0.25, 0.3) is 0 Å². The highest BCUT2D eigenvalue weighted by molar-refractivity contribution is 7.80. The normalized spacial score (nSPS) is 10.1. The molecular formula is C18H17Cl2N3O2S. The van der Waals surface area contributed by atoms with E-state index in [2.05, 4.69) is 16.0 Å². The lowest BCUT2D eigenvalue weighted by atomic mass is 10.2. The lowest BCUT2D eigenvalue weighted by molar-refractivity contribution is -0.116. The van der Waals surface area contributed by atoms with Gasteiger partial charge in [0.25, 0.3) is 5.91 Å². The van der Waals surface area contributed by atoms with Gasteiger partial charge in [-0.3, -0.25) is 14.9 Å². The van der Waals surface area contributed by atoms with Crippen molar-refractivity contribution in [3.8, 4) is 0 Å². The predicted molar refractivity (Wildman–Crippen MR) is 110 cm³/mol. The number of rotatable bonds is 5. The number of hydrogen-bond donors (Lipinski definition) is 3. The van der Waals surface area contributed by atoms with E-state index < -0.39 is 5.91 Å². The van der Waals surface area contributed by atoms with Crippen LogP contribution in [0.1, 0.15) is 30.1 Å². The number of halogens is 2. The summed E-state index contributed by atoms with van der Waals surface area (Å²) in [6.07, 6.45) is 1.26. The Balaban J connectivity index is 1.93. The van der Waals surface area contributed by atoms with Gasteiger partial charge >= 0.3 is 0 Å². The number of nitrogens with one attached hydrogen (secondary N) is 3. The zero-order chi connectivity index (χ0) is 19.1. The third kappa shape index (κ3) is 5.98. The van der Waals surface area contributed by atoms with E-state index in [1.54, 1.807) is 30.3 Å². The lowest BCUT2D eigenvalue weighted by Crippen LogP contribution is -2.34. The molecule has 0 spiro atoms. The molecule has 0 atom stereocenters. The van der Waals surface area contributed by atoms with E-state index in [-0.39, 0.29) is 21.6 Å². The van der Waals surface area contributed by atoms with Crippen molar-refractivity contribution >= 4 is 63.7 Å². The fourth-order valence-electron chi connectivity index (χ4n) is 2.09. The van der Waals surface area contributed by atoms with E-state index in [1.165, 1.54) is 12.1 Å². The van der Waals surface area contributed by atoms with Crippen LogP contribution >= 0.6 is 35.4 Å². The second kappa shape index (κ2) is 9.52. The summed E-state index contributed by atoms with van der Waals surface area (Å²) in [6, 6.07) is 11.6. The number of thiocarbonyl (C=S) groups is 1. The van der Waals surface area contributed by atoms with Gasteiger partial charge < -0.3 is 10.6 Å². The maximum absolute atomic E-state index is 12.2. The SMILES string of the molecule is CCCC(=O)Nc1ccc(NC(=S)NC(=O)c2ccc(Cl)cc2Cl)cc1. The quantitative estimate of drug-likeness (QED) is 0.616. The van der Waals surface area contributed by atoms with Gasteiger partial charge in [0.1, 0.15) is 0 Å². The van der Waals surface area contributed by atoms with Gasteiger partial charge in [0.2, 0.25) is 5.91 Å². The molecule has 2 rings (SSSR count). The molecule has 5 nitrogen and oxygen atoms in total. The number of hydrogen-bond acceptors (Lipinski definition) is 3. The first-order valence-electron chi connectivity index (χ1n) is 7.86. The Hall–Kier alpha value is -2.15. The number of benzene rings is 2. The van der Waals surface area contributed by atoms with Crippen LogP contribution in [-0.4, -0.2) is 16.9 Å². The number of amides is 2. The molecule has 0 heterocycles. The summed E-state index contributed by atoms with van der Waals surface area (Å²) in [5.41, 5.74) is 1.64. The topological polar surface area (TPSA) is 70.2 Å². The van der Waals surface area contributed by atoms with Crippen LogP contribution in [0.3, 0.4) is 0 Å². The van der Waals surface area contributed by atoms with E-state index in [1.807, 2.05) is 6.92 Å². The fourth-order valence-corrected chi connectivity index (χ4v) is 2.80. The van der Waals surface area contributed by atoms with Gasteiger partial charge in [-0.15, -0.1) is 0 Å². The monoisotopic (exact) mass is 409 g/mol. The van der Waals surface area contributed by atoms with Crippen LogP contribution in [0.5, 0.6) is 0 Å². The van der Waals surface area contributed by atoms with Gasteiger partial charge in [-0.1, -0.05) is 30.1 Å². The first kappa shape index (κ1) is 20.2. The molecule has 8 heteroatoms. The molecule has 2 amide bonds. The number of anilines is 2. The van der Waals surface area contributed by atoms with Gasteiger partial charge in [0.15, 0.2) is 5.11 Å². The molecular weight excluding hydrogens is 393 g/mol. The summed E-state index contributed by atoms with van der Waals surface area (Å²) in [7, 11) is 0. The van der Waals surface area contributed by atoms with Gasteiger partial charge in [-0.2, -0.15) is 0 Å². The third-order valence-corrected chi connectivity index (χ3v) is 4.06. The molecule has 0 fully saturated rings. The molecule has 0 bridgehead atoms. The summed E-state index contributed by atoms with van der Waals surface area (Å²) in [5.74, 6) is -0.469. The smallest absolute Gasteiger partial charge is 0.258 e. The van der Waals surface area contributed by atoms with E-state index in [0.29, 0.717) is 22.8 Å². The van der Waals surface area contributed by atoms with Crippen LogP contribution in [0.2, 0.25) is 10.0 Å². The van der Waals surface area contributed by atoms with E-state index in [0.717, 1.165) is 6.42 Å². The van der Waals surface area contributed by atoms with Crippen molar-refractivity contribution in [2.75, 3.05) is 10.6 Å². The van der Waals surface area contributed by atoms with E-state index >= 15 is 0 Å². The third-order valence-electron chi connectivity index (χ3n) is 3.31. The second-order valence-corrected chi connectivity index (χ2v) is 6.66. The maximum Gasteiger partial charge on any atom is 0.258 e. The molecule has 136 valence electrons. The first-order chi connectivity index (χ1) is 12.4. The molecule has 0 aliphatic carbocycles. The van der Waals surface area contributed by atoms with Crippen LogP contribution in [0.15, 0.2) is 42.5 Å². The maximum atomic E-state index is 12.2. The lowest BCUT2D eigenvalue weighted by Gasteiger charge is -2.11. The summed E-state index contributed by atoms with van der Waals surface area (Å²) >= 11 is 17.0. The molecule has 2 aromatic carbocycles. The average molecular weight is 410 g/mol. The molecule has 0 unspecified atom stereocenters. The second-order valence-electron chi connectivity index (χ2n) is 5.41. The van der Waals surface area contributed by atoms with Crippen molar-refractivity contribution in [2.45, 2.75) is 19.8 Å². The van der Waals surface area contributed by atoms with Crippen molar-refractivity contribution in [3.63, 3.8) is 0 Å². The van der Waals surface area contributed by atoms with Crippen molar-refractivity contribution in [1.82, 2.24) is 5.32 Å². The highest BCUT2D eigenvalue weighted by atomic mass is 35.5. The molecule has 0 aromatic heterocycles. The van der Waals surface area contributed by atoms with Crippen LogP contribution in [0, 0.1) is 0 Å². The average Bonchev–Trinajstić information content (AvgIpc) is 2.56. The highest BCUT2D eigenvalue weighted by Gasteiger charge is 2.12. The predicted octanol–water partition coefficient (Wildman–Crippen LogP) is 4.86. The van der Waals surface area contributed by atoms with Crippen LogP contribution in [0.4, 0.5) is 11.4 Å². The zero-order valence-electron chi connectivity index (χ0n) is 13.9. The van der Waals surface area contributed by atoms with Gasteiger partial charge in [-0.25, -0.2) is 0 Å². The molecule has 0 saturated heterocycles. The summed E-state index contributed by atoms with van der Waals surface area (Å²) in [5, 5.41) is 9.05. The Morgan fingerprint density at radius 2 is 1.62 bits per heavy atom. The largest absolute Gasteiger partial charge is 0.332 e. The highest BCUT2D eigenvalue weighted by Crippen LogP contribution is 2.21. The van der Waals surface area contributed by atoms with Gasteiger partial charge in [0.05, 0.1) is 10.6 Å². The summed E-state index contributed by atoms with van der Waals surface area (Å²) < 4.78 is 0. The Kier molecular flexibility index (Phi) is 7.38. The molecule has 0 radical (unpaired) electrons. The van der Waals surface area contributed by atoms with Crippen molar-refractivity contribution in [1.29, 1.82) is 0 Å². The van der Waals surface area contributed by atoms with E-state index in [9.17, 15) is 9.59 Å². The standard InChI is InChI=1S/C18H17Cl2N3O2S/c1-2-3-16(24)21-12-5-7-13(8-6-12)22-18(26)23-17(25)14-9-4-11(19)10-15(14)20/h4-10H,2-3H2,1H3,(H,21,24)(H2,22,23,25,26). The molecule has 2 aromatic rings.